The summed E-state index contributed by atoms with van der Waals surface area (Å²) in [6.07, 6.45) is 0. The van der Waals surface area contributed by atoms with Crippen LogP contribution in [-0.4, -0.2) is 10.2 Å². The number of rotatable bonds is 4. The predicted octanol–water partition coefficient (Wildman–Crippen LogP) is 4.66. The summed E-state index contributed by atoms with van der Waals surface area (Å²) < 4.78 is 5.60. The standard InChI is InChI=1S/C15H11Cl2N3O/c16-11-6-7-13(12(17)8-11)18-9-14-19-20-15(21-14)10-4-2-1-3-5-10/h1-8,18H,9H2. The Morgan fingerprint density at radius 2 is 1.81 bits per heavy atom. The molecule has 1 N–H and O–H groups in total. The highest BCUT2D eigenvalue weighted by atomic mass is 35.5. The fourth-order valence-corrected chi connectivity index (χ4v) is 2.30. The normalized spacial score (nSPS) is 10.6. The van der Waals surface area contributed by atoms with Crippen molar-refractivity contribution in [1.29, 1.82) is 0 Å². The van der Waals surface area contributed by atoms with Gasteiger partial charge in [0.05, 0.1) is 17.3 Å². The molecule has 21 heavy (non-hydrogen) atoms. The lowest BCUT2D eigenvalue weighted by molar-refractivity contribution is 0.515. The van der Waals surface area contributed by atoms with Gasteiger partial charge in [-0.3, -0.25) is 0 Å². The first-order valence-electron chi connectivity index (χ1n) is 6.29. The third-order valence-corrected chi connectivity index (χ3v) is 3.40. The van der Waals surface area contributed by atoms with Crippen molar-refractivity contribution in [2.45, 2.75) is 6.54 Å². The van der Waals surface area contributed by atoms with Crippen LogP contribution in [-0.2, 0) is 6.54 Å². The maximum absolute atomic E-state index is 6.08. The first-order valence-corrected chi connectivity index (χ1v) is 7.05. The Labute approximate surface area is 131 Å². The SMILES string of the molecule is Clc1ccc(NCc2nnc(-c3ccccc3)o2)c(Cl)c1. The van der Waals surface area contributed by atoms with Gasteiger partial charge >= 0.3 is 0 Å². The Morgan fingerprint density at radius 3 is 2.57 bits per heavy atom. The van der Waals surface area contributed by atoms with E-state index in [1.807, 2.05) is 30.3 Å². The number of nitrogens with zero attached hydrogens (tertiary/aromatic N) is 2. The summed E-state index contributed by atoms with van der Waals surface area (Å²) in [6.45, 7) is 0.390. The monoisotopic (exact) mass is 319 g/mol. The largest absolute Gasteiger partial charge is 0.419 e. The molecule has 0 amide bonds. The molecule has 0 aliphatic heterocycles. The lowest BCUT2D eigenvalue weighted by atomic mass is 10.2. The van der Waals surface area contributed by atoms with Gasteiger partial charge in [0.1, 0.15) is 0 Å². The third-order valence-electron chi connectivity index (χ3n) is 2.85. The average Bonchev–Trinajstić information content (AvgIpc) is 2.96. The van der Waals surface area contributed by atoms with Crippen molar-refractivity contribution < 1.29 is 4.42 Å². The zero-order valence-corrected chi connectivity index (χ0v) is 12.4. The Hall–Kier alpha value is -2.04. The lowest BCUT2D eigenvalue weighted by Crippen LogP contribution is -2.00. The maximum atomic E-state index is 6.08. The second-order valence-electron chi connectivity index (χ2n) is 4.34. The average molecular weight is 320 g/mol. The van der Waals surface area contributed by atoms with E-state index >= 15 is 0 Å². The van der Waals surface area contributed by atoms with E-state index in [-0.39, 0.29) is 0 Å². The van der Waals surface area contributed by atoms with E-state index < -0.39 is 0 Å². The lowest BCUT2D eigenvalue weighted by Gasteiger charge is -2.05. The van der Waals surface area contributed by atoms with Gasteiger partial charge in [-0.2, -0.15) is 0 Å². The summed E-state index contributed by atoms with van der Waals surface area (Å²) in [6, 6.07) is 14.9. The molecule has 0 saturated carbocycles. The number of nitrogens with one attached hydrogen (secondary N) is 1. The second kappa shape index (κ2) is 6.16. The van der Waals surface area contributed by atoms with Crippen molar-refractivity contribution >= 4 is 28.9 Å². The van der Waals surface area contributed by atoms with Gasteiger partial charge in [0.25, 0.3) is 0 Å². The zero-order valence-electron chi connectivity index (χ0n) is 10.9. The van der Waals surface area contributed by atoms with Crippen molar-refractivity contribution in [2.75, 3.05) is 5.32 Å². The van der Waals surface area contributed by atoms with Gasteiger partial charge in [0.15, 0.2) is 0 Å². The van der Waals surface area contributed by atoms with Gasteiger partial charge < -0.3 is 9.73 Å². The van der Waals surface area contributed by atoms with Gasteiger partial charge in [-0.15, -0.1) is 10.2 Å². The summed E-state index contributed by atoms with van der Waals surface area (Å²) in [4.78, 5) is 0. The minimum absolute atomic E-state index is 0.390. The summed E-state index contributed by atoms with van der Waals surface area (Å²) in [5, 5.41) is 12.3. The molecule has 0 aliphatic carbocycles. The number of hydrogen-bond acceptors (Lipinski definition) is 4. The highest BCUT2D eigenvalue weighted by Gasteiger charge is 2.08. The molecule has 1 aromatic heterocycles. The van der Waals surface area contributed by atoms with Crippen molar-refractivity contribution in [3.8, 4) is 11.5 Å². The Balaban J connectivity index is 1.70. The van der Waals surface area contributed by atoms with E-state index in [9.17, 15) is 0 Å². The topological polar surface area (TPSA) is 51.0 Å². The van der Waals surface area contributed by atoms with Crippen LogP contribution in [0.5, 0.6) is 0 Å². The van der Waals surface area contributed by atoms with Crippen LogP contribution < -0.4 is 5.32 Å². The molecule has 3 rings (SSSR count). The van der Waals surface area contributed by atoms with Crippen LogP contribution in [0, 0.1) is 0 Å². The number of aromatic nitrogens is 2. The fraction of sp³-hybridized carbons (Fsp3) is 0.0667. The van der Waals surface area contributed by atoms with Crippen LogP contribution in [0.25, 0.3) is 11.5 Å². The van der Waals surface area contributed by atoms with Crippen molar-refractivity contribution in [3.05, 3.63) is 64.5 Å². The molecule has 0 aliphatic rings. The van der Waals surface area contributed by atoms with E-state index in [2.05, 4.69) is 15.5 Å². The van der Waals surface area contributed by atoms with Crippen LogP contribution in [0.2, 0.25) is 10.0 Å². The number of halogens is 2. The van der Waals surface area contributed by atoms with Crippen molar-refractivity contribution in [1.82, 2.24) is 10.2 Å². The highest BCUT2D eigenvalue weighted by molar-refractivity contribution is 6.36. The van der Waals surface area contributed by atoms with Gasteiger partial charge in [-0.25, -0.2) is 0 Å². The van der Waals surface area contributed by atoms with Crippen LogP contribution in [0.15, 0.2) is 52.9 Å². The minimum Gasteiger partial charge on any atom is -0.419 e. The molecule has 0 fully saturated rings. The third kappa shape index (κ3) is 3.35. The van der Waals surface area contributed by atoms with E-state index in [1.54, 1.807) is 18.2 Å². The maximum Gasteiger partial charge on any atom is 0.247 e. The quantitative estimate of drug-likeness (QED) is 0.760. The molecule has 0 atom stereocenters. The molecule has 0 spiro atoms. The summed E-state index contributed by atoms with van der Waals surface area (Å²) in [7, 11) is 0. The Bertz CT molecular complexity index is 744. The first kappa shape index (κ1) is 13.9. The molecular formula is C15H11Cl2N3O. The molecule has 3 aromatic rings. The fourth-order valence-electron chi connectivity index (χ4n) is 1.83. The van der Waals surface area contributed by atoms with Crippen molar-refractivity contribution in [3.63, 3.8) is 0 Å². The number of hydrogen-bond donors (Lipinski definition) is 1. The molecule has 6 heteroatoms. The molecular weight excluding hydrogens is 309 g/mol. The number of anilines is 1. The summed E-state index contributed by atoms with van der Waals surface area (Å²) >= 11 is 11.9. The van der Waals surface area contributed by atoms with Gasteiger partial charge in [-0.1, -0.05) is 41.4 Å². The van der Waals surface area contributed by atoms with Crippen LogP contribution >= 0.6 is 23.2 Å². The molecule has 0 radical (unpaired) electrons. The molecule has 4 nitrogen and oxygen atoms in total. The van der Waals surface area contributed by atoms with Gasteiger partial charge in [0, 0.05) is 10.6 Å². The smallest absolute Gasteiger partial charge is 0.247 e. The molecule has 0 saturated heterocycles. The highest BCUT2D eigenvalue weighted by Crippen LogP contribution is 2.26. The Morgan fingerprint density at radius 1 is 1.00 bits per heavy atom. The van der Waals surface area contributed by atoms with E-state index in [0.29, 0.717) is 28.4 Å². The summed E-state index contributed by atoms with van der Waals surface area (Å²) in [5.41, 5.74) is 1.65. The van der Waals surface area contributed by atoms with E-state index in [4.69, 9.17) is 27.6 Å². The zero-order chi connectivity index (χ0) is 14.7. The van der Waals surface area contributed by atoms with E-state index in [1.165, 1.54) is 0 Å². The molecule has 106 valence electrons. The summed E-state index contributed by atoms with van der Waals surface area (Å²) in [5.74, 6) is 0.981. The predicted molar refractivity (Wildman–Crippen MR) is 83.5 cm³/mol. The Kier molecular flexibility index (Phi) is 4.08. The molecule has 1 heterocycles. The minimum atomic E-state index is 0.390. The van der Waals surface area contributed by atoms with Crippen LogP contribution in [0.3, 0.4) is 0 Å². The molecule has 0 unspecified atom stereocenters. The van der Waals surface area contributed by atoms with Crippen LogP contribution in [0.4, 0.5) is 5.69 Å². The second-order valence-corrected chi connectivity index (χ2v) is 5.19. The molecule has 0 bridgehead atoms. The molecule has 2 aromatic carbocycles. The van der Waals surface area contributed by atoms with E-state index in [0.717, 1.165) is 11.3 Å². The van der Waals surface area contributed by atoms with Gasteiger partial charge in [0.2, 0.25) is 11.8 Å². The number of benzene rings is 2. The van der Waals surface area contributed by atoms with Crippen molar-refractivity contribution in [2.24, 2.45) is 0 Å². The first-order chi connectivity index (χ1) is 10.2. The van der Waals surface area contributed by atoms with Gasteiger partial charge in [-0.05, 0) is 30.3 Å². The van der Waals surface area contributed by atoms with Crippen LogP contribution in [0.1, 0.15) is 5.89 Å².